The Balaban J connectivity index is 1.45. The number of hydrogen-bond donors (Lipinski definition) is 2. The van der Waals surface area contributed by atoms with Gasteiger partial charge in [-0.3, -0.25) is 10.1 Å². The number of halogens is 1. The van der Waals surface area contributed by atoms with Gasteiger partial charge in [0.15, 0.2) is 0 Å². The van der Waals surface area contributed by atoms with Crippen LogP contribution in [0.4, 0.5) is 10.5 Å². The van der Waals surface area contributed by atoms with Crippen LogP contribution in [0.15, 0.2) is 30.3 Å². The zero-order valence-corrected chi connectivity index (χ0v) is 19.6. The van der Waals surface area contributed by atoms with Crippen LogP contribution in [-0.2, 0) is 20.6 Å². The highest BCUT2D eigenvalue weighted by molar-refractivity contribution is 7.18. The highest BCUT2D eigenvalue weighted by Gasteiger charge is 2.41. The number of anilines is 1. The lowest BCUT2D eigenvalue weighted by Crippen LogP contribution is -2.52. The molecule has 1 fully saturated rings. The van der Waals surface area contributed by atoms with Crippen molar-refractivity contribution in [3.05, 3.63) is 50.7 Å². The first-order valence-electron chi connectivity index (χ1n) is 10.4. The molecule has 10 heteroatoms. The second kappa shape index (κ2) is 9.76. The Morgan fingerprint density at radius 3 is 2.84 bits per heavy atom. The molecule has 0 saturated carbocycles. The standard InChI is InChI=1S/C22H26ClN3O5S/c1-26-9-7-14-3-4-15(11-16(14)17(12-26)29-2)24-21(28)31-22(8-10-30-13-22)25-20(27)18-5-6-19(23)32-18/h3-6,11,17H,7-10,12-13H2,1-2H3,(H,24,28)(H,25,27). The molecule has 1 aromatic heterocycles. The van der Waals surface area contributed by atoms with E-state index in [4.69, 9.17) is 25.8 Å². The summed E-state index contributed by atoms with van der Waals surface area (Å²) >= 11 is 7.08. The van der Waals surface area contributed by atoms with Crippen LogP contribution in [0, 0.1) is 0 Å². The maximum absolute atomic E-state index is 12.7. The molecule has 2 aliphatic heterocycles. The average Bonchev–Trinajstić information content (AvgIpc) is 3.36. The topological polar surface area (TPSA) is 89.1 Å². The number of rotatable bonds is 5. The molecule has 0 bridgehead atoms. The van der Waals surface area contributed by atoms with Crippen molar-refractivity contribution in [2.24, 2.45) is 0 Å². The van der Waals surface area contributed by atoms with Gasteiger partial charge < -0.3 is 24.4 Å². The summed E-state index contributed by atoms with van der Waals surface area (Å²) < 4.78 is 17.3. The minimum atomic E-state index is -1.24. The van der Waals surface area contributed by atoms with Crippen molar-refractivity contribution in [1.82, 2.24) is 10.2 Å². The quantitative estimate of drug-likeness (QED) is 0.636. The number of carbonyl (C=O) groups is 2. The number of thiophene rings is 1. The molecule has 1 saturated heterocycles. The van der Waals surface area contributed by atoms with E-state index in [1.807, 2.05) is 18.2 Å². The Bertz CT molecular complexity index is 992. The van der Waals surface area contributed by atoms with Gasteiger partial charge >= 0.3 is 6.09 Å². The van der Waals surface area contributed by atoms with E-state index in [2.05, 4.69) is 22.6 Å². The van der Waals surface area contributed by atoms with Gasteiger partial charge in [0, 0.05) is 32.3 Å². The van der Waals surface area contributed by atoms with Gasteiger partial charge in [0.1, 0.15) is 6.61 Å². The van der Waals surface area contributed by atoms with Gasteiger partial charge in [-0.2, -0.15) is 0 Å². The first kappa shape index (κ1) is 23.0. The SMILES string of the molecule is COC1CN(C)CCc2ccc(NC(=O)OC3(NC(=O)c4ccc(Cl)s4)CCOC3)cc21. The fourth-order valence-corrected chi connectivity index (χ4v) is 4.90. The van der Waals surface area contributed by atoms with Crippen molar-refractivity contribution in [3.8, 4) is 0 Å². The molecule has 172 valence electrons. The molecule has 2 N–H and O–H groups in total. The Kier molecular flexibility index (Phi) is 7.02. The molecule has 32 heavy (non-hydrogen) atoms. The van der Waals surface area contributed by atoms with Gasteiger partial charge in [-0.15, -0.1) is 11.3 Å². The normalized spacial score (nSPS) is 23.3. The lowest BCUT2D eigenvalue weighted by atomic mass is 10.0. The predicted molar refractivity (Wildman–Crippen MR) is 122 cm³/mol. The smallest absolute Gasteiger partial charge is 0.413 e. The van der Waals surface area contributed by atoms with Gasteiger partial charge in [0.05, 0.1) is 21.9 Å². The van der Waals surface area contributed by atoms with Crippen LogP contribution < -0.4 is 10.6 Å². The maximum atomic E-state index is 12.7. The molecule has 2 aromatic rings. The number of hydrogen-bond acceptors (Lipinski definition) is 7. The zero-order chi connectivity index (χ0) is 22.7. The van der Waals surface area contributed by atoms with Gasteiger partial charge in [-0.25, -0.2) is 4.79 Å². The number of nitrogens with zero attached hydrogens (tertiary/aromatic N) is 1. The van der Waals surface area contributed by atoms with Gasteiger partial charge in [-0.1, -0.05) is 17.7 Å². The summed E-state index contributed by atoms with van der Waals surface area (Å²) in [6.07, 6.45) is 0.518. The van der Waals surface area contributed by atoms with Crippen LogP contribution in [0.1, 0.15) is 33.3 Å². The van der Waals surface area contributed by atoms with E-state index in [9.17, 15) is 9.59 Å². The summed E-state index contributed by atoms with van der Waals surface area (Å²) in [6.45, 7) is 2.17. The summed E-state index contributed by atoms with van der Waals surface area (Å²) in [5.74, 6) is -0.364. The zero-order valence-electron chi connectivity index (χ0n) is 18.0. The Hall–Kier alpha value is -2.17. The van der Waals surface area contributed by atoms with Gasteiger partial charge in [0.2, 0.25) is 5.72 Å². The predicted octanol–water partition coefficient (Wildman–Crippen LogP) is 3.67. The van der Waals surface area contributed by atoms with Crippen molar-refractivity contribution in [1.29, 1.82) is 0 Å². The van der Waals surface area contributed by atoms with Crippen molar-refractivity contribution < 1.29 is 23.8 Å². The molecule has 0 radical (unpaired) electrons. The molecule has 4 rings (SSSR count). The second-order valence-corrected chi connectivity index (χ2v) is 9.73. The lowest BCUT2D eigenvalue weighted by Gasteiger charge is -2.28. The molecule has 2 aliphatic rings. The Labute approximate surface area is 195 Å². The van der Waals surface area contributed by atoms with Crippen LogP contribution in [0.2, 0.25) is 4.34 Å². The third-order valence-corrected chi connectivity index (χ3v) is 6.91. The Morgan fingerprint density at radius 1 is 1.31 bits per heavy atom. The first-order valence-corrected chi connectivity index (χ1v) is 11.6. The van der Waals surface area contributed by atoms with Crippen LogP contribution >= 0.6 is 22.9 Å². The van der Waals surface area contributed by atoms with E-state index in [0.717, 1.165) is 36.4 Å². The number of carbonyl (C=O) groups excluding carboxylic acids is 2. The highest BCUT2D eigenvalue weighted by Crippen LogP contribution is 2.29. The molecule has 2 unspecified atom stereocenters. The van der Waals surface area contributed by atoms with E-state index < -0.39 is 11.8 Å². The molecule has 1 aromatic carbocycles. The second-order valence-electron chi connectivity index (χ2n) is 8.02. The summed E-state index contributed by atoms with van der Waals surface area (Å²) in [4.78, 5) is 28.0. The number of methoxy groups -OCH3 is 1. The Morgan fingerprint density at radius 2 is 2.16 bits per heavy atom. The van der Waals surface area contributed by atoms with E-state index in [1.54, 1.807) is 19.2 Å². The van der Waals surface area contributed by atoms with Crippen molar-refractivity contribution in [2.45, 2.75) is 24.7 Å². The van der Waals surface area contributed by atoms with E-state index in [0.29, 0.717) is 27.9 Å². The van der Waals surface area contributed by atoms with Crippen LogP contribution in [0.3, 0.4) is 0 Å². The number of amides is 2. The lowest BCUT2D eigenvalue weighted by molar-refractivity contribution is -0.0113. The third-order valence-electron chi connectivity index (χ3n) is 5.68. The van der Waals surface area contributed by atoms with E-state index in [1.165, 1.54) is 5.56 Å². The molecule has 3 heterocycles. The maximum Gasteiger partial charge on any atom is 0.413 e. The third kappa shape index (κ3) is 5.24. The van der Waals surface area contributed by atoms with Crippen molar-refractivity contribution in [2.75, 3.05) is 45.8 Å². The van der Waals surface area contributed by atoms with E-state index >= 15 is 0 Å². The summed E-state index contributed by atoms with van der Waals surface area (Å²) in [5, 5.41) is 5.58. The summed E-state index contributed by atoms with van der Waals surface area (Å²) in [7, 11) is 3.76. The van der Waals surface area contributed by atoms with Crippen molar-refractivity contribution in [3.63, 3.8) is 0 Å². The monoisotopic (exact) mass is 479 g/mol. The minimum Gasteiger partial charge on any atom is -0.420 e. The summed E-state index contributed by atoms with van der Waals surface area (Å²) in [5.41, 5.74) is 1.62. The molecular formula is C22H26ClN3O5S. The largest absolute Gasteiger partial charge is 0.420 e. The molecule has 2 amide bonds. The van der Waals surface area contributed by atoms with Crippen LogP contribution in [0.5, 0.6) is 0 Å². The number of fused-ring (bicyclic) bond motifs is 1. The first-order chi connectivity index (χ1) is 15.4. The molecule has 8 nitrogen and oxygen atoms in total. The molecule has 0 aliphatic carbocycles. The minimum absolute atomic E-state index is 0.0769. The summed E-state index contributed by atoms with van der Waals surface area (Å²) in [6, 6.07) is 9.06. The molecule has 0 spiro atoms. The number of likely N-dealkylation sites (N-methyl/N-ethyl adjacent to an activating group) is 1. The fourth-order valence-electron chi connectivity index (χ4n) is 3.96. The molecule has 2 atom stereocenters. The number of benzene rings is 1. The highest BCUT2D eigenvalue weighted by atomic mass is 35.5. The fraction of sp³-hybridized carbons (Fsp3) is 0.455. The van der Waals surface area contributed by atoms with Gasteiger partial charge in [-0.05, 0) is 48.9 Å². The average molecular weight is 480 g/mol. The van der Waals surface area contributed by atoms with E-state index in [-0.39, 0.29) is 18.6 Å². The van der Waals surface area contributed by atoms with Crippen molar-refractivity contribution >= 4 is 40.6 Å². The molecular weight excluding hydrogens is 454 g/mol. The van der Waals surface area contributed by atoms with Crippen LogP contribution in [-0.4, -0.2) is 63.1 Å². The van der Waals surface area contributed by atoms with Gasteiger partial charge in [0.25, 0.3) is 5.91 Å². The van der Waals surface area contributed by atoms with Crippen LogP contribution in [0.25, 0.3) is 0 Å². The number of nitrogens with one attached hydrogen (secondary N) is 2. The number of ether oxygens (including phenoxy) is 3.